The van der Waals surface area contributed by atoms with E-state index >= 15 is 0 Å². The van der Waals surface area contributed by atoms with Gasteiger partial charge in [-0.1, -0.05) is 0 Å². The highest BCUT2D eigenvalue weighted by Crippen LogP contribution is 2.16. The van der Waals surface area contributed by atoms with Gasteiger partial charge in [-0.2, -0.15) is 0 Å². The summed E-state index contributed by atoms with van der Waals surface area (Å²) in [5, 5.41) is 0. The Hall–Kier alpha value is -0.510. The smallest absolute Gasteiger partial charge is 0.0568 e. The lowest BCUT2D eigenvalue weighted by atomic mass is 10.2. The molecule has 0 aliphatic carbocycles. The molecule has 6 heteroatoms. The molecule has 72 valence electrons. The maximum atomic E-state index is 5.42. The van der Waals surface area contributed by atoms with Gasteiger partial charge in [-0.3, -0.25) is 0 Å². The van der Waals surface area contributed by atoms with E-state index in [2.05, 4.69) is 0 Å². The number of nitrogens with two attached hydrogens (primary N) is 3. The Morgan fingerprint density at radius 1 is 0.750 bits per heavy atom. The molecule has 0 heterocycles. The molecule has 6 N–H and O–H groups in total. The summed E-state index contributed by atoms with van der Waals surface area (Å²) in [6, 6.07) is 5.03. The monoisotopic (exact) mass is 231 g/mol. The molecule has 0 fully saturated rings. The zero-order valence-electron chi connectivity index (χ0n) is 6.19. The number of halogens is 3. The Morgan fingerprint density at radius 2 is 1.25 bits per heavy atom. The second-order valence-corrected chi connectivity index (χ2v) is 1.89. The molecule has 0 saturated carbocycles. The van der Waals surface area contributed by atoms with Crippen molar-refractivity contribution in [2.75, 3.05) is 17.2 Å². The Kier molecular flexibility index (Phi) is 10.5. The standard InChI is InChI=1S/C6H9N3.3ClH/c7-4-1-2-5(8)6(9)3-4;;;/h1-3H,7-9H2;3*1H. The topological polar surface area (TPSA) is 78.1 Å². The SMILES string of the molecule is Cl.Cl.Cl.Nc1ccc(N)c(N)c1. The van der Waals surface area contributed by atoms with Crippen LogP contribution in [0.25, 0.3) is 0 Å². The summed E-state index contributed by atoms with van der Waals surface area (Å²) in [5.74, 6) is 0. The predicted octanol–water partition coefficient (Wildman–Crippen LogP) is 1.70. The Labute approximate surface area is 89.9 Å². The van der Waals surface area contributed by atoms with Gasteiger partial charge in [-0.15, -0.1) is 37.2 Å². The second-order valence-electron chi connectivity index (χ2n) is 1.89. The van der Waals surface area contributed by atoms with Crippen LogP contribution in [0.15, 0.2) is 18.2 Å². The highest BCUT2D eigenvalue weighted by Gasteiger charge is 1.90. The lowest BCUT2D eigenvalue weighted by Gasteiger charge is -1.98. The summed E-state index contributed by atoms with van der Waals surface area (Å²) >= 11 is 0. The van der Waals surface area contributed by atoms with Crippen LogP contribution in [0.1, 0.15) is 0 Å². The fraction of sp³-hybridized carbons (Fsp3) is 0. The van der Waals surface area contributed by atoms with Crippen LogP contribution in [0.5, 0.6) is 0 Å². The molecule has 0 unspecified atom stereocenters. The van der Waals surface area contributed by atoms with Crippen molar-refractivity contribution in [3.8, 4) is 0 Å². The van der Waals surface area contributed by atoms with Crippen LogP contribution in [0, 0.1) is 0 Å². The van der Waals surface area contributed by atoms with Gasteiger partial charge in [-0.05, 0) is 18.2 Å². The normalized spacial score (nSPS) is 7.00. The molecule has 1 aromatic carbocycles. The fourth-order valence-electron chi connectivity index (χ4n) is 0.593. The van der Waals surface area contributed by atoms with Gasteiger partial charge in [0.15, 0.2) is 0 Å². The third kappa shape index (κ3) is 4.38. The van der Waals surface area contributed by atoms with Crippen molar-refractivity contribution in [2.45, 2.75) is 0 Å². The molecule has 0 radical (unpaired) electrons. The average Bonchev–Trinajstić information content (AvgIpc) is 1.80. The minimum Gasteiger partial charge on any atom is -0.399 e. The molecule has 0 aromatic heterocycles. The number of hydrogen-bond donors (Lipinski definition) is 3. The number of rotatable bonds is 0. The van der Waals surface area contributed by atoms with Gasteiger partial charge in [0.05, 0.1) is 11.4 Å². The summed E-state index contributed by atoms with van der Waals surface area (Å²) in [6.07, 6.45) is 0. The minimum atomic E-state index is 0. The van der Waals surface area contributed by atoms with E-state index in [-0.39, 0.29) is 37.2 Å². The van der Waals surface area contributed by atoms with Gasteiger partial charge in [0.2, 0.25) is 0 Å². The summed E-state index contributed by atoms with van der Waals surface area (Å²) in [4.78, 5) is 0. The van der Waals surface area contributed by atoms with Crippen LogP contribution >= 0.6 is 37.2 Å². The molecule has 0 saturated heterocycles. The van der Waals surface area contributed by atoms with Crippen molar-refractivity contribution in [1.29, 1.82) is 0 Å². The summed E-state index contributed by atoms with van der Waals surface area (Å²) < 4.78 is 0. The van der Waals surface area contributed by atoms with Gasteiger partial charge >= 0.3 is 0 Å². The third-order valence-corrected chi connectivity index (χ3v) is 1.11. The zero-order valence-corrected chi connectivity index (χ0v) is 8.64. The molecule has 0 aliphatic heterocycles. The Morgan fingerprint density at radius 3 is 1.58 bits per heavy atom. The Balaban J connectivity index is -0.000000270. The van der Waals surface area contributed by atoms with E-state index in [1.54, 1.807) is 18.2 Å². The van der Waals surface area contributed by atoms with Gasteiger partial charge in [-0.25, -0.2) is 0 Å². The molecule has 0 bridgehead atoms. The molecular formula is C6H12Cl3N3. The second kappa shape index (κ2) is 7.16. The molecule has 0 amide bonds. The van der Waals surface area contributed by atoms with Gasteiger partial charge < -0.3 is 17.2 Å². The van der Waals surface area contributed by atoms with E-state index in [4.69, 9.17) is 17.2 Å². The first-order valence-corrected chi connectivity index (χ1v) is 2.60. The summed E-state index contributed by atoms with van der Waals surface area (Å²) in [5.41, 5.74) is 18.0. The quantitative estimate of drug-likeness (QED) is 0.596. The van der Waals surface area contributed by atoms with Crippen LogP contribution in [0.2, 0.25) is 0 Å². The van der Waals surface area contributed by atoms with Crippen molar-refractivity contribution in [3.05, 3.63) is 18.2 Å². The van der Waals surface area contributed by atoms with Crippen LogP contribution < -0.4 is 17.2 Å². The van der Waals surface area contributed by atoms with Crippen molar-refractivity contribution >= 4 is 54.3 Å². The first-order valence-electron chi connectivity index (χ1n) is 2.60. The van der Waals surface area contributed by atoms with Crippen molar-refractivity contribution in [2.24, 2.45) is 0 Å². The Bertz CT molecular complexity index is 229. The van der Waals surface area contributed by atoms with Crippen molar-refractivity contribution in [3.63, 3.8) is 0 Å². The fourth-order valence-corrected chi connectivity index (χ4v) is 0.593. The summed E-state index contributed by atoms with van der Waals surface area (Å²) in [6.45, 7) is 0. The van der Waals surface area contributed by atoms with Crippen LogP contribution in [0.3, 0.4) is 0 Å². The maximum Gasteiger partial charge on any atom is 0.0568 e. The van der Waals surface area contributed by atoms with E-state index in [9.17, 15) is 0 Å². The molecule has 1 rings (SSSR count). The van der Waals surface area contributed by atoms with E-state index in [1.807, 2.05) is 0 Å². The van der Waals surface area contributed by atoms with Gasteiger partial charge in [0.1, 0.15) is 0 Å². The summed E-state index contributed by atoms with van der Waals surface area (Å²) in [7, 11) is 0. The number of hydrogen-bond acceptors (Lipinski definition) is 3. The van der Waals surface area contributed by atoms with E-state index < -0.39 is 0 Å². The number of anilines is 3. The number of benzene rings is 1. The maximum absolute atomic E-state index is 5.42. The highest BCUT2D eigenvalue weighted by molar-refractivity contribution is 5.86. The molecular weight excluding hydrogens is 220 g/mol. The molecule has 0 spiro atoms. The minimum absolute atomic E-state index is 0. The first-order chi connectivity index (χ1) is 4.20. The van der Waals surface area contributed by atoms with Crippen LogP contribution in [-0.4, -0.2) is 0 Å². The van der Waals surface area contributed by atoms with Gasteiger partial charge in [0, 0.05) is 5.69 Å². The molecule has 0 aliphatic rings. The average molecular weight is 233 g/mol. The lowest BCUT2D eigenvalue weighted by Crippen LogP contribution is -1.95. The predicted molar refractivity (Wildman–Crippen MR) is 61.4 cm³/mol. The molecule has 3 nitrogen and oxygen atoms in total. The van der Waals surface area contributed by atoms with Crippen LogP contribution in [-0.2, 0) is 0 Å². The van der Waals surface area contributed by atoms with Gasteiger partial charge in [0.25, 0.3) is 0 Å². The number of nitrogen functional groups attached to an aromatic ring is 3. The van der Waals surface area contributed by atoms with Crippen LogP contribution in [0.4, 0.5) is 17.1 Å². The highest BCUT2D eigenvalue weighted by atomic mass is 35.5. The molecule has 0 atom stereocenters. The lowest BCUT2D eigenvalue weighted by molar-refractivity contribution is 1.65. The molecule has 1 aromatic rings. The largest absolute Gasteiger partial charge is 0.399 e. The third-order valence-electron chi connectivity index (χ3n) is 1.11. The van der Waals surface area contributed by atoms with Crippen molar-refractivity contribution < 1.29 is 0 Å². The van der Waals surface area contributed by atoms with Crippen molar-refractivity contribution in [1.82, 2.24) is 0 Å². The van der Waals surface area contributed by atoms with E-state index in [0.717, 1.165) is 0 Å². The van der Waals surface area contributed by atoms with E-state index in [1.165, 1.54) is 0 Å². The first kappa shape index (κ1) is 17.5. The van der Waals surface area contributed by atoms with E-state index in [0.29, 0.717) is 17.1 Å². The zero-order chi connectivity index (χ0) is 6.85. The molecule has 12 heavy (non-hydrogen) atoms.